The molecule has 0 bridgehead atoms. The van der Waals surface area contributed by atoms with Crippen LogP contribution in [0, 0.1) is 5.82 Å². The van der Waals surface area contributed by atoms with Crippen molar-refractivity contribution in [3.63, 3.8) is 0 Å². The number of hydrogen-bond donors (Lipinski definition) is 2. The maximum atomic E-state index is 13.7. The van der Waals surface area contributed by atoms with Gasteiger partial charge in [-0.2, -0.15) is 0 Å². The number of amides is 1. The predicted octanol–water partition coefficient (Wildman–Crippen LogP) is 2.95. The molecule has 2 aromatic carbocycles. The van der Waals surface area contributed by atoms with Crippen molar-refractivity contribution in [1.29, 1.82) is 0 Å². The molecule has 0 fully saturated rings. The van der Waals surface area contributed by atoms with Crippen LogP contribution in [0.5, 0.6) is 0 Å². The summed E-state index contributed by atoms with van der Waals surface area (Å²) in [4.78, 5) is 18.8. The predicted molar refractivity (Wildman–Crippen MR) is 82.0 cm³/mol. The van der Waals surface area contributed by atoms with Gasteiger partial charge in [0, 0.05) is 18.4 Å². The van der Waals surface area contributed by atoms with Gasteiger partial charge in [0.1, 0.15) is 17.9 Å². The van der Waals surface area contributed by atoms with Gasteiger partial charge in [-0.3, -0.25) is 4.79 Å². The third-order valence-electron chi connectivity index (χ3n) is 3.18. The van der Waals surface area contributed by atoms with Crippen molar-refractivity contribution < 1.29 is 13.9 Å². The lowest BCUT2D eigenvalue weighted by Crippen LogP contribution is -2.16. The minimum atomic E-state index is -0.358. The Hall–Kier alpha value is -2.73. The highest BCUT2D eigenvalue weighted by Gasteiger charge is 2.09. The Labute approximate surface area is 126 Å². The second-order valence-electron chi connectivity index (χ2n) is 4.78. The van der Waals surface area contributed by atoms with E-state index < -0.39 is 0 Å². The van der Waals surface area contributed by atoms with Crippen molar-refractivity contribution in [2.45, 2.75) is 0 Å². The Morgan fingerprint density at radius 1 is 1.27 bits per heavy atom. The van der Waals surface area contributed by atoms with Gasteiger partial charge in [0.2, 0.25) is 5.91 Å². The number of imidazole rings is 1. The van der Waals surface area contributed by atoms with E-state index in [1.807, 2.05) is 0 Å². The summed E-state index contributed by atoms with van der Waals surface area (Å²) >= 11 is 0. The third kappa shape index (κ3) is 2.82. The molecule has 0 aliphatic carbocycles. The summed E-state index contributed by atoms with van der Waals surface area (Å²) in [5.74, 6) is -0.000578. The van der Waals surface area contributed by atoms with Gasteiger partial charge in [0.15, 0.2) is 5.82 Å². The van der Waals surface area contributed by atoms with Gasteiger partial charge in [-0.25, -0.2) is 9.37 Å². The molecule has 22 heavy (non-hydrogen) atoms. The number of rotatable bonds is 4. The molecule has 112 valence electrons. The first-order valence-electron chi connectivity index (χ1n) is 6.71. The van der Waals surface area contributed by atoms with Gasteiger partial charge in [-0.1, -0.05) is 6.07 Å². The summed E-state index contributed by atoms with van der Waals surface area (Å²) in [7, 11) is 1.46. The molecule has 1 amide bonds. The number of nitrogens with zero attached hydrogens (tertiary/aromatic N) is 1. The fraction of sp³-hybridized carbons (Fsp3) is 0.125. The molecule has 1 aromatic heterocycles. The molecule has 0 aliphatic rings. The summed E-state index contributed by atoms with van der Waals surface area (Å²) in [6.45, 7) is 0.00457. The van der Waals surface area contributed by atoms with Crippen molar-refractivity contribution in [1.82, 2.24) is 9.97 Å². The number of fused-ring (bicyclic) bond motifs is 1. The minimum Gasteiger partial charge on any atom is -0.375 e. The highest BCUT2D eigenvalue weighted by Crippen LogP contribution is 2.23. The number of ether oxygens (including phenoxy) is 1. The summed E-state index contributed by atoms with van der Waals surface area (Å²) in [6.07, 6.45) is 0. The summed E-state index contributed by atoms with van der Waals surface area (Å²) < 4.78 is 18.4. The van der Waals surface area contributed by atoms with E-state index in [4.69, 9.17) is 4.74 Å². The normalized spacial score (nSPS) is 10.8. The average molecular weight is 299 g/mol. The molecule has 1 heterocycles. The summed E-state index contributed by atoms with van der Waals surface area (Å²) in [5, 5.41) is 2.70. The maximum absolute atomic E-state index is 13.7. The Kier molecular flexibility index (Phi) is 3.84. The largest absolute Gasteiger partial charge is 0.375 e. The molecular weight excluding hydrogens is 285 g/mol. The number of benzene rings is 2. The molecule has 6 heteroatoms. The van der Waals surface area contributed by atoms with E-state index in [0.717, 1.165) is 5.56 Å². The number of carbonyl (C=O) groups excluding carboxylic acids is 1. The first-order chi connectivity index (χ1) is 10.7. The van der Waals surface area contributed by atoms with Gasteiger partial charge in [0.05, 0.1) is 5.52 Å². The fourth-order valence-electron chi connectivity index (χ4n) is 2.17. The molecule has 0 saturated heterocycles. The monoisotopic (exact) mass is 299 g/mol. The third-order valence-corrected chi connectivity index (χ3v) is 3.18. The smallest absolute Gasteiger partial charge is 0.250 e. The van der Waals surface area contributed by atoms with Gasteiger partial charge in [0.25, 0.3) is 0 Å². The van der Waals surface area contributed by atoms with Crippen LogP contribution >= 0.6 is 0 Å². The van der Waals surface area contributed by atoms with E-state index >= 15 is 0 Å². The molecule has 0 unspecified atom stereocenters. The second-order valence-corrected chi connectivity index (χ2v) is 4.78. The first kappa shape index (κ1) is 14.2. The van der Waals surface area contributed by atoms with Crippen molar-refractivity contribution in [3.8, 4) is 11.4 Å². The maximum Gasteiger partial charge on any atom is 0.250 e. The number of aromatic amines is 1. The molecular formula is C16H14FN3O2. The number of aromatic nitrogens is 2. The van der Waals surface area contributed by atoms with Crippen LogP contribution in [0.4, 0.5) is 10.1 Å². The van der Waals surface area contributed by atoms with Crippen molar-refractivity contribution in [3.05, 3.63) is 48.3 Å². The van der Waals surface area contributed by atoms with E-state index in [1.165, 1.54) is 13.2 Å². The number of methoxy groups -OCH3 is 1. The van der Waals surface area contributed by atoms with Crippen LogP contribution in [0.3, 0.4) is 0 Å². The number of hydrogen-bond acceptors (Lipinski definition) is 3. The topological polar surface area (TPSA) is 67.0 Å². The van der Waals surface area contributed by atoms with E-state index in [1.54, 1.807) is 36.4 Å². The SMILES string of the molecule is COCC(=O)Nc1ccc(-c2nc3c(F)cccc3[nH]2)cc1. The second kappa shape index (κ2) is 5.95. The lowest BCUT2D eigenvalue weighted by molar-refractivity contribution is -0.119. The molecule has 5 nitrogen and oxygen atoms in total. The van der Waals surface area contributed by atoms with Crippen LogP contribution in [0.2, 0.25) is 0 Å². The van der Waals surface area contributed by atoms with Gasteiger partial charge < -0.3 is 15.0 Å². The standard InChI is InChI=1S/C16H14FN3O2/c1-22-9-14(21)18-11-7-5-10(6-8-11)16-19-13-4-2-3-12(17)15(13)20-16/h2-8H,9H2,1H3,(H,18,21)(H,19,20). The summed E-state index contributed by atoms with van der Waals surface area (Å²) in [6, 6.07) is 11.9. The molecule has 2 N–H and O–H groups in total. The lowest BCUT2D eigenvalue weighted by atomic mass is 10.2. The molecule has 0 spiro atoms. The Balaban J connectivity index is 1.85. The zero-order valence-electron chi connectivity index (χ0n) is 11.9. The van der Waals surface area contributed by atoms with Crippen LogP contribution in [0.25, 0.3) is 22.4 Å². The zero-order chi connectivity index (χ0) is 15.5. The molecule has 0 atom stereocenters. The van der Waals surface area contributed by atoms with Gasteiger partial charge in [-0.15, -0.1) is 0 Å². The van der Waals surface area contributed by atoms with E-state index in [0.29, 0.717) is 22.5 Å². The minimum absolute atomic E-state index is 0.00457. The Bertz CT molecular complexity index is 812. The number of para-hydroxylation sites is 1. The van der Waals surface area contributed by atoms with Crippen molar-refractivity contribution in [2.24, 2.45) is 0 Å². The van der Waals surface area contributed by atoms with Crippen molar-refractivity contribution in [2.75, 3.05) is 19.0 Å². The zero-order valence-corrected chi connectivity index (χ0v) is 11.9. The van der Waals surface area contributed by atoms with Gasteiger partial charge >= 0.3 is 0 Å². The van der Waals surface area contributed by atoms with Crippen LogP contribution in [0.15, 0.2) is 42.5 Å². The number of nitrogens with one attached hydrogen (secondary N) is 2. The highest BCUT2D eigenvalue weighted by atomic mass is 19.1. The molecule has 3 rings (SSSR count). The number of anilines is 1. The molecule has 3 aromatic rings. The Morgan fingerprint density at radius 3 is 2.73 bits per heavy atom. The van der Waals surface area contributed by atoms with E-state index in [-0.39, 0.29) is 18.3 Å². The van der Waals surface area contributed by atoms with Crippen molar-refractivity contribution >= 4 is 22.6 Å². The highest BCUT2D eigenvalue weighted by molar-refractivity contribution is 5.92. The molecule has 0 aliphatic heterocycles. The average Bonchev–Trinajstić information content (AvgIpc) is 2.94. The van der Waals surface area contributed by atoms with Crippen LogP contribution in [-0.2, 0) is 9.53 Å². The number of H-pyrrole nitrogens is 1. The number of halogens is 1. The van der Waals surface area contributed by atoms with Crippen LogP contribution < -0.4 is 5.32 Å². The number of carbonyl (C=O) groups is 1. The quantitative estimate of drug-likeness (QED) is 0.778. The Morgan fingerprint density at radius 2 is 2.05 bits per heavy atom. The fourth-order valence-corrected chi connectivity index (χ4v) is 2.17. The first-order valence-corrected chi connectivity index (χ1v) is 6.71. The molecule has 0 radical (unpaired) electrons. The van der Waals surface area contributed by atoms with E-state index in [2.05, 4.69) is 15.3 Å². The summed E-state index contributed by atoms with van der Waals surface area (Å²) in [5.41, 5.74) is 2.43. The molecule has 0 saturated carbocycles. The van der Waals surface area contributed by atoms with Gasteiger partial charge in [-0.05, 0) is 36.4 Å². The lowest BCUT2D eigenvalue weighted by Gasteiger charge is -2.04. The van der Waals surface area contributed by atoms with Crippen LogP contribution in [-0.4, -0.2) is 29.6 Å². The van der Waals surface area contributed by atoms with E-state index in [9.17, 15) is 9.18 Å². The van der Waals surface area contributed by atoms with Crippen LogP contribution in [0.1, 0.15) is 0 Å².